The summed E-state index contributed by atoms with van der Waals surface area (Å²) in [5, 5.41) is 6.65. The predicted octanol–water partition coefficient (Wildman–Crippen LogP) is 9.10. The smallest absolute Gasteiger partial charge is 0.236 e. The van der Waals surface area contributed by atoms with Crippen molar-refractivity contribution in [2.75, 3.05) is 101 Å². The highest BCUT2D eigenvalue weighted by Crippen LogP contribution is 2.42. The Morgan fingerprint density at radius 2 is 1.12 bits per heavy atom. The van der Waals surface area contributed by atoms with E-state index < -0.39 is 0 Å². The predicted molar refractivity (Wildman–Crippen MR) is 281 cm³/mol. The Morgan fingerprint density at radius 1 is 0.580 bits per heavy atom. The van der Waals surface area contributed by atoms with Crippen LogP contribution in [0.2, 0.25) is 0 Å². The molecule has 2 aromatic carbocycles. The summed E-state index contributed by atoms with van der Waals surface area (Å²) in [7, 11) is 0. The van der Waals surface area contributed by atoms with Crippen LogP contribution in [0.1, 0.15) is 38.4 Å². The van der Waals surface area contributed by atoms with E-state index in [-0.39, 0.29) is 11.9 Å². The van der Waals surface area contributed by atoms with Gasteiger partial charge in [-0.25, -0.2) is 24.9 Å². The quantitative estimate of drug-likeness (QED) is 0.104. The maximum absolute atomic E-state index is 13.1. The molecule has 0 saturated carbocycles. The van der Waals surface area contributed by atoms with E-state index in [1.807, 2.05) is 43.1 Å². The third-order valence-corrected chi connectivity index (χ3v) is 15.8. The first kappa shape index (κ1) is 45.2. The number of rotatable bonds is 14. The number of hydrogen-bond acceptors (Lipinski definition) is 14. The molecule has 0 spiro atoms. The molecule has 8 aromatic rings. The van der Waals surface area contributed by atoms with Gasteiger partial charge in [0.2, 0.25) is 5.91 Å². The van der Waals surface area contributed by atoms with Gasteiger partial charge >= 0.3 is 0 Å². The lowest BCUT2D eigenvalue weighted by Crippen LogP contribution is -2.50. The Bertz CT molecular complexity index is 3010. The van der Waals surface area contributed by atoms with Crippen LogP contribution in [0.3, 0.4) is 0 Å². The molecule has 0 aliphatic carbocycles. The second-order valence-corrected chi connectivity index (χ2v) is 19.9. The molecule has 0 radical (unpaired) electrons. The van der Waals surface area contributed by atoms with Crippen molar-refractivity contribution in [3.63, 3.8) is 0 Å². The van der Waals surface area contributed by atoms with Gasteiger partial charge in [-0.2, -0.15) is 0 Å². The van der Waals surface area contributed by atoms with Gasteiger partial charge in [-0.05, 0) is 75.2 Å². The van der Waals surface area contributed by atoms with Gasteiger partial charge in [0.1, 0.15) is 32.7 Å². The monoisotopic (exact) mass is 954 g/mol. The minimum Gasteiger partial charge on any atom is -0.353 e. The van der Waals surface area contributed by atoms with Crippen LogP contribution in [0.4, 0.5) is 11.6 Å². The number of likely N-dealkylation sites (tertiary alicyclic amines) is 1. The van der Waals surface area contributed by atoms with Crippen LogP contribution in [0, 0.1) is 0 Å². The molecule has 0 N–H and O–H groups in total. The molecule has 1 amide bonds. The molecule has 9 heterocycles. The summed E-state index contributed by atoms with van der Waals surface area (Å²) >= 11 is 3.35. The van der Waals surface area contributed by atoms with Crippen molar-refractivity contribution in [3.8, 4) is 45.3 Å². The summed E-state index contributed by atoms with van der Waals surface area (Å²) in [6, 6.07) is 33.7. The Kier molecular flexibility index (Phi) is 13.4. The fourth-order valence-corrected chi connectivity index (χ4v) is 12.2. The van der Waals surface area contributed by atoms with E-state index in [4.69, 9.17) is 24.9 Å². The normalized spacial score (nSPS) is 16.7. The maximum Gasteiger partial charge on any atom is 0.236 e. The number of hydrogen-bond donors (Lipinski definition) is 0. The van der Waals surface area contributed by atoms with Gasteiger partial charge < -0.3 is 14.7 Å². The topological polar surface area (TPSA) is 114 Å². The van der Waals surface area contributed by atoms with Crippen LogP contribution >= 0.6 is 22.7 Å². The van der Waals surface area contributed by atoms with Crippen LogP contribution in [0.25, 0.3) is 65.7 Å². The van der Waals surface area contributed by atoms with Crippen LogP contribution in [-0.2, 0) is 4.79 Å². The van der Waals surface area contributed by atoms with Gasteiger partial charge in [-0.1, -0.05) is 72.8 Å². The van der Waals surface area contributed by atoms with Gasteiger partial charge in [0.15, 0.2) is 11.6 Å². The maximum atomic E-state index is 13.1. The Balaban J connectivity index is 0.868. The third kappa shape index (κ3) is 9.46. The molecule has 13 nitrogen and oxygen atoms in total. The molecule has 1 atom stereocenters. The summed E-state index contributed by atoms with van der Waals surface area (Å²) in [5.74, 6) is 3.43. The molecule has 3 fully saturated rings. The number of carbonyl (C=O) groups excluding carboxylic acids is 1. The molecule has 3 aliphatic heterocycles. The molecule has 3 saturated heterocycles. The summed E-state index contributed by atoms with van der Waals surface area (Å²) in [4.78, 5) is 60.5. The number of likely N-dealkylation sites (N-methyl/N-ethyl adjacent to an activating group) is 1. The number of pyridine rings is 2. The molecule has 15 heteroatoms. The Morgan fingerprint density at radius 3 is 1.67 bits per heavy atom. The molecule has 6 aromatic heterocycles. The van der Waals surface area contributed by atoms with Gasteiger partial charge in [0.05, 0.1) is 29.1 Å². The minimum atomic E-state index is 0.129. The molecule has 11 rings (SSSR count). The fraction of sp³-hybridized carbons (Fsp3) is 0.352. The molecular weight excluding hydrogens is 897 g/mol. The van der Waals surface area contributed by atoms with E-state index in [0.29, 0.717) is 18.2 Å². The van der Waals surface area contributed by atoms with Crippen molar-refractivity contribution in [1.29, 1.82) is 0 Å². The molecular formula is C54H58N12OS2. The first-order valence-electron chi connectivity index (χ1n) is 24.6. The van der Waals surface area contributed by atoms with Crippen molar-refractivity contribution < 1.29 is 4.79 Å². The van der Waals surface area contributed by atoms with Gasteiger partial charge in [-0.15, -0.1) is 22.7 Å². The van der Waals surface area contributed by atoms with Gasteiger partial charge in [0, 0.05) is 100 Å². The molecule has 69 heavy (non-hydrogen) atoms. The zero-order valence-electron chi connectivity index (χ0n) is 39.5. The van der Waals surface area contributed by atoms with Crippen LogP contribution in [0.5, 0.6) is 0 Å². The fourth-order valence-electron chi connectivity index (χ4n) is 10.3. The number of carbonyl (C=O) groups is 1. The van der Waals surface area contributed by atoms with E-state index in [2.05, 4.69) is 119 Å². The lowest BCUT2D eigenvalue weighted by molar-refractivity contribution is -0.132. The number of piperazine rings is 2. The number of thiophene rings is 2. The highest BCUT2D eigenvalue weighted by Gasteiger charge is 2.31. The summed E-state index contributed by atoms with van der Waals surface area (Å²) in [6.07, 6.45) is 4.20. The first-order chi connectivity index (χ1) is 34.0. The number of fused-ring (bicyclic) bond motifs is 2. The summed E-state index contributed by atoms with van der Waals surface area (Å²) in [5.41, 5.74) is 7.29. The number of aromatic nitrogens is 6. The van der Waals surface area contributed by atoms with Gasteiger partial charge in [0.25, 0.3) is 0 Å². The minimum absolute atomic E-state index is 0.129. The second-order valence-electron chi connectivity index (χ2n) is 18.2. The lowest BCUT2D eigenvalue weighted by Gasteiger charge is -2.39. The Labute approximate surface area is 412 Å². The van der Waals surface area contributed by atoms with Crippen molar-refractivity contribution in [1.82, 2.24) is 49.5 Å². The average molecular weight is 955 g/mol. The van der Waals surface area contributed by atoms with Crippen molar-refractivity contribution >= 4 is 60.6 Å². The van der Waals surface area contributed by atoms with Crippen LogP contribution in [0.15, 0.2) is 114 Å². The number of amides is 1. The standard InChI is InChI=1S/C54H58N12OS2/c1-3-63(4-2)46(67)35-62-28-32-66(33-29-62)52-48-41(39-18-9-6-10-19-39)37-69-54(48)60-50(58-52)44-22-15-21-42(56-44)45(64-24-13-14-25-64)34-61-26-30-65(31-27-61)51-47-40(38-16-7-5-8-17-38)36-68-53(47)59-49(57-51)43-20-11-12-23-55-43/h5-12,15-23,36-37,45H,3-4,13-14,24-35H2,1-2H3. The van der Waals surface area contributed by atoms with E-state index in [1.165, 1.54) is 24.0 Å². The van der Waals surface area contributed by atoms with E-state index in [1.54, 1.807) is 22.7 Å². The number of nitrogens with zero attached hydrogens (tertiary/aromatic N) is 12. The summed E-state index contributed by atoms with van der Waals surface area (Å²) in [6.45, 7) is 15.6. The first-order valence-corrected chi connectivity index (χ1v) is 26.3. The van der Waals surface area contributed by atoms with Crippen molar-refractivity contribution in [2.24, 2.45) is 0 Å². The van der Waals surface area contributed by atoms with E-state index in [0.717, 1.165) is 145 Å². The van der Waals surface area contributed by atoms with E-state index >= 15 is 0 Å². The van der Waals surface area contributed by atoms with Crippen LogP contribution in [-0.4, -0.2) is 147 Å². The number of benzene rings is 2. The largest absolute Gasteiger partial charge is 0.353 e. The zero-order chi connectivity index (χ0) is 46.7. The van der Waals surface area contributed by atoms with Crippen molar-refractivity contribution in [3.05, 3.63) is 120 Å². The second kappa shape index (κ2) is 20.4. The molecule has 352 valence electrons. The van der Waals surface area contributed by atoms with Crippen LogP contribution < -0.4 is 9.80 Å². The third-order valence-electron chi connectivity index (χ3n) is 14.1. The van der Waals surface area contributed by atoms with Crippen molar-refractivity contribution in [2.45, 2.75) is 32.7 Å². The highest BCUT2D eigenvalue weighted by atomic mass is 32.1. The molecule has 0 bridgehead atoms. The average Bonchev–Trinajstić information content (AvgIpc) is 4.21. The number of anilines is 2. The lowest BCUT2D eigenvalue weighted by atomic mass is 10.1. The zero-order valence-corrected chi connectivity index (χ0v) is 41.1. The highest BCUT2D eigenvalue weighted by molar-refractivity contribution is 7.17. The Hall–Kier alpha value is -6.23. The molecule has 3 aliphatic rings. The van der Waals surface area contributed by atoms with Gasteiger partial charge in [-0.3, -0.25) is 24.5 Å². The van der Waals surface area contributed by atoms with E-state index in [9.17, 15) is 4.79 Å². The summed E-state index contributed by atoms with van der Waals surface area (Å²) < 4.78 is 0. The molecule has 1 unspecified atom stereocenters. The SMILES string of the molecule is CCN(CC)C(=O)CN1CCN(c2nc(-c3cccc(C(CN4CCN(c5nc(-c6ccccn6)nc6scc(-c7ccccc7)c56)CC4)N4CCCC4)n3)nc3scc(-c4ccccc4)c23)CC1.